The number of pyridine rings is 1. The third-order valence-electron chi connectivity index (χ3n) is 2.94. The molecular weight excluding hydrogens is 338 g/mol. The molecule has 0 radical (unpaired) electrons. The SMILES string of the molecule is Cc1ccc(C(=O)Nc2cnc(Br)c(C)c2)cc1[N+](=O)[O-]. The second-order valence-corrected chi connectivity index (χ2v) is 5.30. The summed E-state index contributed by atoms with van der Waals surface area (Å²) in [6.45, 7) is 3.48. The maximum absolute atomic E-state index is 12.1. The number of benzene rings is 1. The molecule has 2 aromatic rings. The monoisotopic (exact) mass is 349 g/mol. The lowest BCUT2D eigenvalue weighted by atomic mass is 10.1. The van der Waals surface area contributed by atoms with Crippen molar-refractivity contribution in [3.05, 3.63) is 61.9 Å². The van der Waals surface area contributed by atoms with E-state index in [1.807, 2.05) is 6.92 Å². The van der Waals surface area contributed by atoms with Crippen molar-refractivity contribution in [1.82, 2.24) is 4.98 Å². The largest absolute Gasteiger partial charge is 0.321 e. The van der Waals surface area contributed by atoms with Crippen molar-refractivity contribution in [3.8, 4) is 0 Å². The summed E-state index contributed by atoms with van der Waals surface area (Å²) in [5, 5.41) is 13.6. The molecule has 0 bridgehead atoms. The van der Waals surface area contributed by atoms with Gasteiger partial charge in [0, 0.05) is 17.2 Å². The first-order valence-corrected chi connectivity index (χ1v) is 6.86. The molecule has 0 aliphatic carbocycles. The first-order valence-electron chi connectivity index (χ1n) is 6.07. The van der Waals surface area contributed by atoms with Crippen molar-refractivity contribution in [3.63, 3.8) is 0 Å². The molecule has 0 fully saturated rings. The molecule has 6 nitrogen and oxygen atoms in total. The van der Waals surface area contributed by atoms with E-state index in [4.69, 9.17) is 0 Å². The van der Waals surface area contributed by atoms with Gasteiger partial charge in [-0.2, -0.15) is 0 Å². The number of carbonyl (C=O) groups is 1. The van der Waals surface area contributed by atoms with E-state index in [9.17, 15) is 14.9 Å². The number of nitrogens with one attached hydrogen (secondary N) is 1. The molecule has 1 aromatic heterocycles. The number of nitro groups is 1. The van der Waals surface area contributed by atoms with Gasteiger partial charge in [0.15, 0.2) is 0 Å². The number of nitrogens with zero attached hydrogens (tertiary/aromatic N) is 2. The summed E-state index contributed by atoms with van der Waals surface area (Å²) >= 11 is 3.28. The number of rotatable bonds is 3. The minimum Gasteiger partial charge on any atom is -0.321 e. The number of hydrogen-bond donors (Lipinski definition) is 1. The van der Waals surface area contributed by atoms with Crippen LogP contribution in [0, 0.1) is 24.0 Å². The first kappa shape index (κ1) is 15.1. The number of carbonyl (C=O) groups excluding carboxylic acids is 1. The van der Waals surface area contributed by atoms with Crippen LogP contribution in [-0.4, -0.2) is 15.8 Å². The van der Waals surface area contributed by atoms with Gasteiger partial charge in [0.2, 0.25) is 0 Å². The predicted octanol–water partition coefficient (Wildman–Crippen LogP) is 3.62. The third-order valence-corrected chi connectivity index (χ3v) is 3.77. The Labute approximate surface area is 129 Å². The van der Waals surface area contributed by atoms with Crippen molar-refractivity contribution in [2.75, 3.05) is 5.32 Å². The van der Waals surface area contributed by atoms with Gasteiger partial charge in [-0.15, -0.1) is 0 Å². The second kappa shape index (κ2) is 6.01. The van der Waals surface area contributed by atoms with Gasteiger partial charge in [-0.3, -0.25) is 14.9 Å². The zero-order chi connectivity index (χ0) is 15.6. The fourth-order valence-electron chi connectivity index (χ4n) is 1.78. The van der Waals surface area contributed by atoms with Gasteiger partial charge in [0.25, 0.3) is 11.6 Å². The zero-order valence-corrected chi connectivity index (χ0v) is 13.0. The molecule has 1 heterocycles. The number of halogens is 1. The van der Waals surface area contributed by atoms with Gasteiger partial charge < -0.3 is 5.32 Å². The highest BCUT2D eigenvalue weighted by Gasteiger charge is 2.15. The van der Waals surface area contributed by atoms with Gasteiger partial charge in [0.05, 0.1) is 16.8 Å². The van der Waals surface area contributed by atoms with Crippen molar-refractivity contribution in [1.29, 1.82) is 0 Å². The molecular formula is C14H12BrN3O3. The van der Waals surface area contributed by atoms with E-state index in [0.717, 1.165) is 5.56 Å². The predicted molar refractivity (Wildman–Crippen MR) is 82.5 cm³/mol. The van der Waals surface area contributed by atoms with Crippen LogP contribution in [0.1, 0.15) is 21.5 Å². The van der Waals surface area contributed by atoms with Gasteiger partial charge in [0.1, 0.15) is 4.60 Å². The number of hydrogen-bond acceptors (Lipinski definition) is 4. The van der Waals surface area contributed by atoms with Crippen LogP contribution in [0.3, 0.4) is 0 Å². The Balaban J connectivity index is 2.26. The highest BCUT2D eigenvalue weighted by molar-refractivity contribution is 9.10. The molecule has 1 amide bonds. The molecule has 7 heteroatoms. The van der Waals surface area contributed by atoms with Crippen LogP contribution in [0.5, 0.6) is 0 Å². The molecule has 1 aromatic carbocycles. The summed E-state index contributed by atoms with van der Waals surface area (Å²) in [5.41, 5.74) is 2.07. The Morgan fingerprint density at radius 2 is 2.00 bits per heavy atom. The van der Waals surface area contributed by atoms with E-state index in [-0.39, 0.29) is 11.3 Å². The van der Waals surface area contributed by atoms with Crippen molar-refractivity contribution in [2.24, 2.45) is 0 Å². The minimum atomic E-state index is -0.503. The lowest BCUT2D eigenvalue weighted by molar-refractivity contribution is -0.385. The molecule has 108 valence electrons. The molecule has 0 saturated carbocycles. The summed E-state index contributed by atoms with van der Waals surface area (Å²) < 4.78 is 0.700. The Hall–Kier alpha value is -2.28. The smallest absolute Gasteiger partial charge is 0.273 e. The van der Waals surface area contributed by atoms with Gasteiger partial charge >= 0.3 is 0 Å². The molecule has 0 saturated heterocycles. The van der Waals surface area contributed by atoms with Crippen LogP contribution in [0.4, 0.5) is 11.4 Å². The number of aryl methyl sites for hydroxylation is 2. The lowest BCUT2D eigenvalue weighted by Gasteiger charge is -2.07. The standard InChI is InChI=1S/C14H12BrN3O3/c1-8-3-4-10(6-12(8)18(20)21)14(19)17-11-5-9(2)13(15)16-7-11/h3-7H,1-2H3,(H,17,19). The Kier molecular flexibility index (Phi) is 4.32. The highest BCUT2D eigenvalue weighted by atomic mass is 79.9. The number of nitro benzene ring substituents is 1. The van der Waals surface area contributed by atoms with E-state index in [1.54, 1.807) is 25.1 Å². The highest BCUT2D eigenvalue weighted by Crippen LogP contribution is 2.21. The van der Waals surface area contributed by atoms with Gasteiger partial charge in [-0.1, -0.05) is 6.07 Å². The van der Waals surface area contributed by atoms with E-state index < -0.39 is 10.8 Å². The van der Waals surface area contributed by atoms with Crippen molar-refractivity contribution in [2.45, 2.75) is 13.8 Å². The van der Waals surface area contributed by atoms with Gasteiger partial charge in [-0.05, 0) is 47.5 Å². The summed E-state index contributed by atoms with van der Waals surface area (Å²) in [6.07, 6.45) is 1.51. The van der Waals surface area contributed by atoms with Crippen molar-refractivity contribution < 1.29 is 9.72 Å². The zero-order valence-electron chi connectivity index (χ0n) is 11.4. The minimum absolute atomic E-state index is 0.0761. The molecule has 21 heavy (non-hydrogen) atoms. The Bertz CT molecular complexity index is 731. The van der Waals surface area contributed by atoms with E-state index in [2.05, 4.69) is 26.2 Å². The molecule has 1 N–H and O–H groups in total. The summed E-state index contributed by atoms with van der Waals surface area (Å²) in [5.74, 6) is -0.415. The second-order valence-electron chi connectivity index (χ2n) is 4.54. The number of anilines is 1. The van der Waals surface area contributed by atoms with E-state index >= 15 is 0 Å². The molecule has 2 rings (SSSR count). The normalized spacial score (nSPS) is 10.2. The number of amides is 1. The maximum Gasteiger partial charge on any atom is 0.273 e. The van der Waals surface area contributed by atoms with Gasteiger partial charge in [-0.25, -0.2) is 4.98 Å². The van der Waals surface area contributed by atoms with Crippen LogP contribution >= 0.6 is 15.9 Å². The molecule has 0 aliphatic rings. The summed E-state index contributed by atoms with van der Waals surface area (Å²) in [7, 11) is 0. The third kappa shape index (κ3) is 3.43. The van der Waals surface area contributed by atoms with Crippen LogP contribution in [-0.2, 0) is 0 Å². The first-order chi connectivity index (χ1) is 9.88. The average molecular weight is 350 g/mol. The van der Waals surface area contributed by atoms with E-state index in [0.29, 0.717) is 15.9 Å². The van der Waals surface area contributed by atoms with Crippen LogP contribution in [0.2, 0.25) is 0 Å². The molecule has 0 aliphatic heterocycles. The van der Waals surface area contributed by atoms with E-state index in [1.165, 1.54) is 12.3 Å². The van der Waals surface area contributed by atoms with Crippen LogP contribution in [0.15, 0.2) is 35.1 Å². The fraction of sp³-hybridized carbons (Fsp3) is 0.143. The van der Waals surface area contributed by atoms with Crippen LogP contribution < -0.4 is 5.32 Å². The molecule has 0 atom stereocenters. The molecule has 0 unspecified atom stereocenters. The average Bonchev–Trinajstić information content (AvgIpc) is 2.43. The quantitative estimate of drug-likeness (QED) is 0.520. The Morgan fingerprint density at radius 1 is 1.29 bits per heavy atom. The molecule has 0 spiro atoms. The lowest BCUT2D eigenvalue weighted by Crippen LogP contribution is -2.12. The fourth-order valence-corrected chi connectivity index (χ4v) is 1.99. The maximum atomic E-state index is 12.1. The van der Waals surface area contributed by atoms with Crippen molar-refractivity contribution >= 4 is 33.2 Å². The summed E-state index contributed by atoms with van der Waals surface area (Å²) in [6, 6.07) is 6.14. The summed E-state index contributed by atoms with van der Waals surface area (Å²) in [4.78, 5) is 26.6. The number of aromatic nitrogens is 1. The van der Waals surface area contributed by atoms with Crippen LogP contribution in [0.25, 0.3) is 0 Å². The topological polar surface area (TPSA) is 85.1 Å². The Morgan fingerprint density at radius 3 is 2.62 bits per heavy atom.